The van der Waals surface area contributed by atoms with Crippen LogP contribution in [0.1, 0.15) is 84.7 Å². The second-order valence-electron chi connectivity index (χ2n) is 18.0. The predicted octanol–water partition coefficient (Wildman–Crippen LogP) is 2.66. The van der Waals surface area contributed by atoms with Gasteiger partial charge < -0.3 is 21.3 Å². The molecule has 0 saturated heterocycles. The molecule has 390 valence electrons. The Hall–Kier alpha value is -10.6. The summed E-state index contributed by atoms with van der Waals surface area (Å²) in [6.45, 7) is 0. The molecule has 2 aliphatic rings. The molecule has 78 heavy (non-hydrogen) atoms. The first-order valence-corrected chi connectivity index (χ1v) is 24.4. The van der Waals surface area contributed by atoms with E-state index in [0.717, 1.165) is 12.4 Å². The highest BCUT2D eigenvalue weighted by Gasteiger charge is 2.41. The quantitative estimate of drug-likeness (QED) is 0.0600. The van der Waals surface area contributed by atoms with Crippen LogP contribution in [0.15, 0.2) is 176 Å². The highest BCUT2D eigenvalue weighted by Crippen LogP contribution is 2.21. The number of pyridine rings is 3. The van der Waals surface area contributed by atoms with Gasteiger partial charge in [-0.3, -0.25) is 73.7 Å². The molecule has 0 saturated carbocycles. The number of carbonyl (C=O) groups is 10. The van der Waals surface area contributed by atoms with Crippen molar-refractivity contribution in [2.75, 3.05) is 0 Å². The van der Waals surface area contributed by atoms with Crippen LogP contribution in [0.25, 0.3) is 0 Å². The molecule has 0 fully saturated rings. The average Bonchev–Trinajstić information content (AvgIpc) is 3.95. The van der Waals surface area contributed by atoms with Gasteiger partial charge in [-0.15, -0.1) is 0 Å². The third-order valence-corrected chi connectivity index (χ3v) is 12.6. The van der Waals surface area contributed by atoms with Crippen LogP contribution >= 0.6 is 0 Å². The molecule has 3 aromatic heterocycles. The zero-order valence-electron chi connectivity index (χ0n) is 41.2. The van der Waals surface area contributed by atoms with E-state index in [2.05, 4.69) is 47.1 Å². The van der Waals surface area contributed by atoms with Crippen LogP contribution in [-0.2, 0) is 44.9 Å². The average molecular weight is 1050 g/mol. The van der Waals surface area contributed by atoms with Gasteiger partial charge in [0.1, 0.15) is 35.6 Å². The first-order valence-electron chi connectivity index (χ1n) is 24.4. The smallest absolute Gasteiger partial charge is 0.299 e. The van der Waals surface area contributed by atoms with E-state index in [-0.39, 0.29) is 59.3 Å². The summed E-state index contributed by atoms with van der Waals surface area (Å²) in [6, 6.07) is 36.2. The summed E-state index contributed by atoms with van der Waals surface area (Å²) in [7, 11) is 0. The van der Waals surface area contributed by atoms with Gasteiger partial charge in [-0.05, 0) is 52.6 Å². The highest BCUT2D eigenvalue weighted by atomic mass is 16.2. The molecule has 0 bridgehead atoms. The molecule has 0 spiro atoms. The molecule has 9 rings (SSSR count). The van der Waals surface area contributed by atoms with Gasteiger partial charge in [-0.1, -0.05) is 121 Å². The Morgan fingerprint density at radius 2 is 0.705 bits per heavy atom. The number of imide groups is 2. The van der Waals surface area contributed by atoms with Crippen LogP contribution in [0.3, 0.4) is 0 Å². The molecule has 0 unspecified atom stereocenters. The topological polar surface area (TPSA) is 288 Å². The van der Waals surface area contributed by atoms with Crippen LogP contribution in [0.2, 0.25) is 0 Å². The first kappa shape index (κ1) is 52.3. The highest BCUT2D eigenvalue weighted by molar-refractivity contribution is 6.21. The van der Waals surface area contributed by atoms with Gasteiger partial charge in [-0.25, -0.2) is 0 Å². The number of nitrogens with one attached hydrogen (secondary N) is 6. The van der Waals surface area contributed by atoms with Crippen molar-refractivity contribution in [1.29, 1.82) is 0 Å². The van der Waals surface area contributed by atoms with E-state index in [1.54, 1.807) is 121 Å². The maximum atomic E-state index is 14.4. The normalized spacial score (nSPS) is 14.0. The van der Waals surface area contributed by atoms with Crippen molar-refractivity contribution in [3.63, 3.8) is 0 Å². The number of rotatable bonds is 20. The molecular weight excluding hydrogens is 999 g/mol. The van der Waals surface area contributed by atoms with E-state index >= 15 is 0 Å². The third-order valence-electron chi connectivity index (χ3n) is 12.6. The van der Waals surface area contributed by atoms with E-state index in [1.165, 1.54) is 42.7 Å². The Bertz CT molecular complexity index is 3170. The van der Waals surface area contributed by atoms with E-state index < -0.39 is 83.2 Å². The molecular formula is C57H47N11O10. The standard InChI is InChI=1S/C57H47N11O10/c69-48(61-42(27-34-15-5-1-6-16-34)50(71)63-44(29-36-19-9-3-10-20-36)52(73)65-67-54(75)40-23-13-25-59-46(40)56(67)77)38-31-39(33-58-32-38)49(70)62-43(28-35-17-7-2-8-18-35)51(72)64-45(30-37-21-11-4-12-22-37)53(74)66-68-55(76)41-24-14-26-60-47(41)57(68)78/h1-26,31-33,42-45H,27-30H2,(H,61,69)(H,62,70)(H,63,71)(H,64,72)(H,65,73)(H,66,74)/t42-,43-,44-,45-/m0/s1. The summed E-state index contributed by atoms with van der Waals surface area (Å²) < 4.78 is 0. The number of aromatic nitrogens is 3. The number of hydrogen-bond donors (Lipinski definition) is 6. The Morgan fingerprint density at radius 3 is 1.03 bits per heavy atom. The Labute approximate surface area is 444 Å². The Balaban J connectivity index is 0.926. The number of carbonyl (C=O) groups excluding carboxylic acids is 10. The van der Waals surface area contributed by atoms with Gasteiger partial charge in [0, 0.05) is 50.5 Å². The van der Waals surface area contributed by atoms with Crippen molar-refractivity contribution < 1.29 is 47.9 Å². The molecule has 21 heteroatoms. The van der Waals surface area contributed by atoms with Crippen LogP contribution in [0, 0.1) is 0 Å². The number of hydrogen-bond acceptors (Lipinski definition) is 13. The van der Waals surface area contributed by atoms with Gasteiger partial charge >= 0.3 is 0 Å². The summed E-state index contributed by atoms with van der Waals surface area (Å²) in [5.74, 6) is -8.52. The largest absolute Gasteiger partial charge is 0.342 e. The van der Waals surface area contributed by atoms with Gasteiger partial charge in [0.15, 0.2) is 0 Å². The molecule has 4 atom stereocenters. The molecule has 0 radical (unpaired) electrons. The van der Waals surface area contributed by atoms with Gasteiger partial charge in [0.2, 0.25) is 11.8 Å². The second-order valence-corrected chi connectivity index (χ2v) is 18.0. The Morgan fingerprint density at radius 1 is 0.385 bits per heavy atom. The van der Waals surface area contributed by atoms with Crippen molar-refractivity contribution in [2.45, 2.75) is 49.9 Å². The van der Waals surface area contributed by atoms with E-state index in [0.29, 0.717) is 32.3 Å². The van der Waals surface area contributed by atoms with Crippen LogP contribution in [0.5, 0.6) is 0 Å². The predicted molar refractivity (Wildman–Crippen MR) is 277 cm³/mol. The fourth-order valence-corrected chi connectivity index (χ4v) is 8.67. The minimum Gasteiger partial charge on any atom is -0.342 e. The maximum Gasteiger partial charge on any atom is 0.299 e. The molecule has 6 N–H and O–H groups in total. The summed E-state index contributed by atoms with van der Waals surface area (Å²) in [6.07, 6.45) is 4.65. The fourth-order valence-electron chi connectivity index (χ4n) is 8.67. The summed E-state index contributed by atoms with van der Waals surface area (Å²) in [5.41, 5.74) is 6.48. The zero-order chi connectivity index (χ0) is 54.7. The lowest BCUT2D eigenvalue weighted by Crippen LogP contribution is -2.58. The lowest BCUT2D eigenvalue weighted by Gasteiger charge is -2.25. The number of fused-ring (bicyclic) bond motifs is 2. The van der Waals surface area contributed by atoms with Crippen LogP contribution in [0.4, 0.5) is 0 Å². The Kier molecular flexibility index (Phi) is 15.9. The van der Waals surface area contributed by atoms with Crippen LogP contribution < -0.4 is 32.1 Å². The van der Waals surface area contributed by atoms with Gasteiger partial charge in [0.25, 0.3) is 47.3 Å². The molecule has 0 aliphatic carbocycles. The number of nitrogens with zero attached hydrogens (tertiary/aromatic N) is 5. The van der Waals surface area contributed by atoms with Crippen molar-refractivity contribution in [3.05, 3.63) is 232 Å². The minimum atomic E-state index is -1.39. The number of hydrazine groups is 2. The minimum absolute atomic E-state index is 0.0147. The molecule has 21 nitrogen and oxygen atoms in total. The van der Waals surface area contributed by atoms with E-state index in [4.69, 9.17) is 0 Å². The maximum absolute atomic E-state index is 14.4. The zero-order valence-corrected chi connectivity index (χ0v) is 41.2. The fraction of sp³-hybridized carbons (Fsp3) is 0.140. The summed E-state index contributed by atoms with van der Waals surface area (Å²) in [5, 5.41) is 11.9. The monoisotopic (exact) mass is 1050 g/mol. The third kappa shape index (κ3) is 12.2. The first-order chi connectivity index (χ1) is 37.8. The van der Waals surface area contributed by atoms with E-state index in [1.807, 2.05) is 0 Å². The van der Waals surface area contributed by atoms with Crippen molar-refractivity contribution in [2.24, 2.45) is 0 Å². The second kappa shape index (κ2) is 23.7. The molecule has 7 aromatic rings. The van der Waals surface area contributed by atoms with E-state index in [9.17, 15) is 47.9 Å². The van der Waals surface area contributed by atoms with Crippen molar-refractivity contribution in [1.82, 2.24) is 57.1 Å². The van der Waals surface area contributed by atoms with Gasteiger partial charge in [-0.2, -0.15) is 10.0 Å². The molecule has 5 heterocycles. The molecule has 10 amide bonds. The lowest BCUT2D eigenvalue weighted by atomic mass is 10.0. The lowest BCUT2D eigenvalue weighted by molar-refractivity contribution is -0.131. The van der Waals surface area contributed by atoms with Crippen molar-refractivity contribution in [3.8, 4) is 0 Å². The van der Waals surface area contributed by atoms with Crippen LogP contribution in [-0.4, -0.2) is 108 Å². The van der Waals surface area contributed by atoms with Crippen molar-refractivity contribution >= 4 is 59.1 Å². The molecule has 4 aromatic carbocycles. The molecule has 2 aliphatic heterocycles. The number of amides is 10. The summed E-state index contributed by atoms with van der Waals surface area (Å²) >= 11 is 0. The van der Waals surface area contributed by atoms with Gasteiger partial charge in [0.05, 0.1) is 22.3 Å². The summed E-state index contributed by atoms with van der Waals surface area (Å²) in [4.78, 5) is 150. The number of benzene rings is 4. The SMILES string of the molecule is O=C(N[C@@H](Cc1ccccc1)C(=O)N[C@@H](Cc1ccccc1)C(=O)NN1C(=O)c2cccnc2C1=O)c1cncc(C(=O)N[C@@H](Cc2ccccc2)C(=O)N[C@@H](Cc2ccccc2)C(=O)NN2C(=O)c3cccnc3C2=O)c1.